The largest absolute Gasteiger partial charge is 0.353 e. The number of amides is 2. The Hall–Kier alpha value is -1.92. The van der Waals surface area contributed by atoms with Crippen molar-refractivity contribution in [3.05, 3.63) is 12.2 Å². The zero-order valence-electron chi connectivity index (χ0n) is 15.0. The molecular weight excluding hydrogens is 318 g/mol. The van der Waals surface area contributed by atoms with E-state index in [0.29, 0.717) is 31.3 Å². The Morgan fingerprint density at radius 2 is 2.00 bits per heavy atom. The number of nitrogens with zero attached hydrogens (tertiary/aromatic N) is 3. The Morgan fingerprint density at radius 1 is 1.24 bits per heavy atom. The molecule has 2 aliphatic carbocycles. The summed E-state index contributed by atoms with van der Waals surface area (Å²) in [5.41, 5.74) is 0. The molecule has 2 fully saturated rings. The molecule has 1 aromatic rings. The van der Waals surface area contributed by atoms with E-state index in [-0.39, 0.29) is 11.8 Å². The molecule has 0 aliphatic heterocycles. The highest BCUT2D eigenvalue weighted by atomic mass is 16.2. The fraction of sp³-hybridized carbons (Fsp3) is 0.778. The molecule has 2 N–H and O–H groups in total. The van der Waals surface area contributed by atoms with E-state index in [2.05, 4.69) is 20.8 Å². The maximum absolute atomic E-state index is 12.2. The summed E-state index contributed by atoms with van der Waals surface area (Å²) < 4.78 is 2.00. The first-order valence-electron chi connectivity index (χ1n) is 9.58. The number of carbonyl (C=O) groups excluding carboxylic acids is 2. The second-order valence-corrected chi connectivity index (χ2v) is 7.45. The summed E-state index contributed by atoms with van der Waals surface area (Å²) in [4.78, 5) is 24.3. The number of hydrogen-bond donors (Lipinski definition) is 2. The minimum atomic E-state index is -0.500. The summed E-state index contributed by atoms with van der Waals surface area (Å²) in [6, 6.07) is -0.500. The van der Waals surface area contributed by atoms with Gasteiger partial charge in [-0.05, 0) is 38.5 Å². The van der Waals surface area contributed by atoms with Gasteiger partial charge in [-0.1, -0.05) is 19.3 Å². The lowest BCUT2D eigenvalue weighted by molar-refractivity contribution is -0.129. The van der Waals surface area contributed by atoms with Gasteiger partial charge in [0.2, 0.25) is 11.8 Å². The molecular formula is C18H29N5O2. The van der Waals surface area contributed by atoms with Gasteiger partial charge in [-0.15, -0.1) is 10.2 Å². The molecule has 7 nitrogen and oxygen atoms in total. The van der Waals surface area contributed by atoms with Gasteiger partial charge in [-0.2, -0.15) is 0 Å². The van der Waals surface area contributed by atoms with Crippen LogP contribution in [0, 0.1) is 5.92 Å². The predicted molar refractivity (Wildman–Crippen MR) is 93.8 cm³/mol. The van der Waals surface area contributed by atoms with Crippen molar-refractivity contribution >= 4 is 11.8 Å². The zero-order valence-corrected chi connectivity index (χ0v) is 15.0. The van der Waals surface area contributed by atoms with Gasteiger partial charge >= 0.3 is 0 Å². The highest BCUT2D eigenvalue weighted by molar-refractivity contribution is 5.87. The average molecular weight is 347 g/mol. The van der Waals surface area contributed by atoms with Gasteiger partial charge in [0.25, 0.3) is 0 Å². The molecule has 7 heteroatoms. The van der Waals surface area contributed by atoms with E-state index < -0.39 is 6.04 Å². The van der Waals surface area contributed by atoms with E-state index in [9.17, 15) is 9.59 Å². The highest BCUT2D eigenvalue weighted by Gasteiger charge is 2.28. The second-order valence-electron chi connectivity index (χ2n) is 7.45. The third kappa shape index (κ3) is 5.28. The Labute approximate surface area is 149 Å². The van der Waals surface area contributed by atoms with Crippen molar-refractivity contribution in [3.8, 4) is 0 Å². The van der Waals surface area contributed by atoms with Gasteiger partial charge in [-0.25, -0.2) is 0 Å². The Kier molecular flexibility index (Phi) is 6.04. The molecule has 0 radical (unpaired) electrons. The molecule has 0 saturated heterocycles. The summed E-state index contributed by atoms with van der Waals surface area (Å²) in [5.74, 6) is 1.89. The van der Waals surface area contributed by atoms with Gasteiger partial charge in [0.15, 0.2) is 0 Å². The number of rotatable bonds is 8. The molecule has 2 saturated carbocycles. The van der Waals surface area contributed by atoms with E-state index in [1.807, 2.05) is 4.57 Å². The van der Waals surface area contributed by atoms with Crippen molar-refractivity contribution < 1.29 is 9.59 Å². The molecule has 25 heavy (non-hydrogen) atoms. The monoisotopic (exact) mass is 347 g/mol. The van der Waals surface area contributed by atoms with Gasteiger partial charge < -0.3 is 15.2 Å². The van der Waals surface area contributed by atoms with Crippen LogP contribution in [0.1, 0.15) is 70.0 Å². The van der Waals surface area contributed by atoms with Crippen LogP contribution in [0.4, 0.5) is 0 Å². The number of carbonyl (C=O) groups is 2. The standard InChI is InChI=1S/C18H29N5O2/c1-13(21-16(24)11-14-5-3-2-4-6-14)18(25)19-9-10-23-12-20-22-17(23)15-7-8-15/h12-15H,2-11H2,1H3,(H,19,25)(H,21,24)/t13-/m1/s1. The maximum Gasteiger partial charge on any atom is 0.242 e. The van der Waals surface area contributed by atoms with E-state index >= 15 is 0 Å². The Morgan fingerprint density at radius 3 is 2.72 bits per heavy atom. The van der Waals surface area contributed by atoms with E-state index in [1.165, 1.54) is 32.1 Å². The first-order chi connectivity index (χ1) is 12.1. The van der Waals surface area contributed by atoms with Gasteiger partial charge in [0.05, 0.1) is 0 Å². The molecule has 2 aliphatic rings. The lowest BCUT2D eigenvalue weighted by atomic mass is 9.87. The van der Waals surface area contributed by atoms with E-state index in [1.54, 1.807) is 13.3 Å². The van der Waals surface area contributed by atoms with Crippen LogP contribution < -0.4 is 10.6 Å². The Balaban J connectivity index is 1.35. The first-order valence-corrected chi connectivity index (χ1v) is 9.58. The maximum atomic E-state index is 12.2. The molecule has 0 aromatic carbocycles. The van der Waals surface area contributed by atoms with Gasteiger partial charge in [0.1, 0.15) is 18.2 Å². The minimum Gasteiger partial charge on any atom is -0.353 e. The van der Waals surface area contributed by atoms with Crippen molar-refractivity contribution in [1.82, 2.24) is 25.4 Å². The quantitative estimate of drug-likeness (QED) is 0.750. The van der Waals surface area contributed by atoms with Gasteiger partial charge in [-0.3, -0.25) is 9.59 Å². The molecule has 1 heterocycles. The SMILES string of the molecule is C[C@@H](NC(=O)CC1CCCCC1)C(=O)NCCn1cnnc1C1CC1. The molecule has 0 unspecified atom stereocenters. The lowest BCUT2D eigenvalue weighted by Crippen LogP contribution is -2.45. The van der Waals surface area contributed by atoms with Crippen LogP contribution in [0.5, 0.6) is 0 Å². The molecule has 0 spiro atoms. The normalized spacial score (nSPS) is 19.4. The lowest BCUT2D eigenvalue weighted by Gasteiger charge is -2.22. The minimum absolute atomic E-state index is 0.00983. The van der Waals surface area contributed by atoms with Crippen LogP contribution in [0.3, 0.4) is 0 Å². The summed E-state index contributed by atoms with van der Waals surface area (Å²) in [7, 11) is 0. The summed E-state index contributed by atoms with van der Waals surface area (Å²) in [6.45, 7) is 2.91. The van der Waals surface area contributed by atoms with Crippen molar-refractivity contribution in [3.63, 3.8) is 0 Å². The number of nitrogens with one attached hydrogen (secondary N) is 2. The van der Waals surface area contributed by atoms with Crippen molar-refractivity contribution in [1.29, 1.82) is 0 Å². The van der Waals surface area contributed by atoms with Crippen LogP contribution in [-0.2, 0) is 16.1 Å². The molecule has 3 rings (SSSR count). The third-order valence-corrected chi connectivity index (χ3v) is 5.21. The molecule has 1 aromatic heterocycles. The van der Waals surface area contributed by atoms with Crippen molar-refractivity contribution in [2.45, 2.75) is 76.8 Å². The fourth-order valence-electron chi connectivity index (χ4n) is 3.57. The first kappa shape index (κ1) is 17.9. The third-order valence-electron chi connectivity index (χ3n) is 5.21. The van der Waals surface area contributed by atoms with Crippen LogP contribution in [0.2, 0.25) is 0 Å². The number of aromatic nitrogens is 3. The molecule has 2 amide bonds. The fourth-order valence-corrected chi connectivity index (χ4v) is 3.57. The van der Waals surface area contributed by atoms with Crippen molar-refractivity contribution in [2.75, 3.05) is 6.54 Å². The topological polar surface area (TPSA) is 88.9 Å². The van der Waals surface area contributed by atoms with Crippen LogP contribution in [0.15, 0.2) is 6.33 Å². The molecule has 138 valence electrons. The van der Waals surface area contributed by atoms with Gasteiger partial charge in [0, 0.05) is 25.4 Å². The van der Waals surface area contributed by atoms with E-state index in [0.717, 1.165) is 18.7 Å². The zero-order chi connectivity index (χ0) is 17.6. The van der Waals surface area contributed by atoms with Crippen LogP contribution in [-0.4, -0.2) is 39.2 Å². The van der Waals surface area contributed by atoms with E-state index in [4.69, 9.17) is 0 Å². The highest BCUT2D eigenvalue weighted by Crippen LogP contribution is 2.38. The average Bonchev–Trinajstić information content (AvgIpc) is 3.34. The second kappa shape index (κ2) is 8.45. The smallest absolute Gasteiger partial charge is 0.242 e. The van der Waals surface area contributed by atoms with Crippen molar-refractivity contribution in [2.24, 2.45) is 5.92 Å². The van der Waals surface area contributed by atoms with Crippen LogP contribution >= 0.6 is 0 Å². The summed E-state index contributed by atoms with van der Waals surface area (Å²) in [6.07, 6.45) is 10.6. The van der Waals surface area contributed by atoms with Crippen LogP contribution in [0.25, 0.3) is 0 Å². The molecule has 0 bridgehead atoms. The predicted octanol–water partition coefficient (Wildman–Crippen LogP) is 1.75. The summed E-state index contributed by atoms with van der Waals surface area (Å²) in [5, 5.41) is 13.8. The Bertz CT molecular complexity index is 590. The number of hydrogen-bond acceptors (Lipinski definition) is 4. The molecule has 1 atom stereocenters. The summed E-state index contributed by atoms with van der Waals surface area (Å²) >= 11 is 0.